The fourth-order valence-electron chi connectivity index (χ4n) is 4.70. The largest absolute Gasteiger partial charge is 0.497 e. The molecule has 4 aromatic carbocycles. The van der Waals surface area contributed by atoms with Crippen LogP contribution >= 0.6 is 0 Å². The highest BCUT2D eigenvalue weighted by molar-refractivity contribution is 6.34. The number of aromatic nitrogens is 1. The van der Waals surface area contributed by atoms with Crippen LogP contribution in [0.2, 0.25) is 0 Å². The molecule has 0 radical (unpaired) electrons. The van der Waals surface area contributed by atoms with Crippen molar-refractivity contribution in [2.45, 2.75) is 0 Å². The number of carbonyl (C=O) groups is 3. The van der Waals surface area contributed by atoms with E-state index in [0.717, 1.165) is 16.0 Å². The molecule has 0 spiro atoms. The van der Waals surface area contributed by atoms with Gasteiger partial charge in [-0.15, -0.1) is 0 Å². The zero-order valence-corrected chi connectivity index (χ0v) is 20.8. The monoisotopic (exact) mass is 520 g/mol. The number of anilines is 1. The molecule has 0 unspecified atom stereocenters. The predicted molar refractivity (Wildman–Crippen MR) is 143 cm³/mol. The Morgan fingerprint density at radius 1 is 0.821 bits per heavy atom. The van der Waals surface area contributed by atoms with E-state index in [2.05, 4.69) is 0 Å². The van der Waals surface area contributed by atoms with E-state index in [0.29, 0.717) is 28.2 Å². The molecular weight excluding hydrogens is 500 g/mol. The maximum Gasteiger partial charge on any atom is 0.335 e. The Morgan fingerprint density at radius 3 is 2.38 bits per heavy atom. The van der Waals surface area contributed by atoms with Crippen LogP contribution in [0.5, 0.6) is 11.5 Å². The van der Waals surface area contributed by atoms with Gasteiger partial charge in [0.15, 0.2) is 5.58 Å². The minimum absolute atomic E-state index is 0.0297. The normalized spacial score (nSPS) is 12.6. The van der Waals surface area contributed by atoms with Crippen molar-refractivity contribution in [2.75, 3.05) is 19.1 Å². The number of carbonyl (C=O) groups excluding carboxylic acids is 2. The van der Waals surface area contributed by atoms with E-state index >= 15 is 0 Å². The number of imide groups is 1. The van der Waals surface area contributed by atoms with Gasteiger partial charge in [0, 0.05) is 5.56 Å². The Kier molecular flexibility index (Phi) is 5.61. The molecule has 6 rings (SSSR count). The number of hydrogen-bond acceptors (Lipinski definition) is 7. The Morgan fingerprint density at radius 2 is 1.62 bits per heavy atom. The smallest absolute Gasteiger partial charge is 0.335 e. The van der Waals surface area contributed by atoms with Crippen molar-refractivity contribution < 1.29 is 33.4 Å². The molecule has 1 aliphatic heterocycles. The topological polar surface area (TPSA) is 119 Å². The molecule has 39 heavy (non-hydrogen) atoms. The number of carboxylic acid groups (broad SMARTS) is 1. The molecule has 1 aliphatic rings. The van der Waals surface area contributed by atoms with E-state index in [1.807, 2.05) is 36.4 Å². The van der Waals surface area contributed by atoms with E-state index < -0.39 is 17.8 Å². The molecule has 1 aromatic heterocycles. The summed E-state index contributed by atoms with van der Waals surface area (Å²) < 4.78 is 17.0. The molecule has 0 fully saturated rings. The SMILES string of the molecule is COc1cccc(-c2cccc3oc(-c4cc(N5C(=O)c6ccc(C(=O)O)cc6C5=O)ccc4OC)nc23)c1. The van der Waals surface area contributed by atoms with Gasteiger partial charge in [-0.2, -0.15) is 0 Å². The van der Waals surface area contributed by atoms with E-state index in [4.69, 9.17) is 18.9 Å². The minimum atomic E-state index is -1.19. The van der Waals surface area contributed by atoms with Gasteiger partial charge in [0.2, 0.25) is 5.89 Å². The van der Waals surface area contributed by atoms with Crippen LogP contribution in [-0.2, 0) is 0 Å². The van der Waals surface area contributed by atoms with E-state index in [-0.39, 0.29) is 28.3 Å². The Balaban J connectivity index is 1.45. The highest BCUT2D eigenvalue weighted by Crippen LogP contribution is 2.39. The van der Waals surface area contributed by atoms with Gasteiger partial charge in [-0.05, 0) is 60.2 Å². The van der Waals surface area contributed by atoms with Crippen molar-refractivity contribution in [1.29, 1.82) is 0 Å². The Bertz CT molecular complexity index is 1820. The molecule has 5 aromatic rings. The Hall–Kier alpha value is -5.44. The van der Waals surface area contributed by atoms with Gasteiger partial charge >= 0.3 is 5.97 Å². The number of ether oxygens (including phenoxy) is 2. The van der Waals surface area contributed by atoms with Crippen molar-refractivity contribution in [3.63, 3.8) is 0 Å². The number of aromatic carboxylic acids is 1. The third-order valence-corrected chi connectivity index (χ3v) is 6.60. The lowest BCUT2D eigenvalue weighted by atomic mass is 10.0. The number of fused-ring (bicyclic) bond motifs is 2. The lowest BCUT2D eigenvalue weighted by Crippen LogP contribution is -2.29. The summed E-state index contributed by atoms with van der Waals surface area (Å²) in [7, 11) is 3.10. The van der Waals surface area contributed by atoms with Crippen LogP contribution in [0.4, 0.5) is 5.69 Å². The van der Waals surface area contributed by atoms with Crippen LogP contribution in [0.15, 0.2) is 83.3 Å². The van der Waals surface area contributed by atoms with E-state index in [1.54, 1.807) is 31.4 Å². The first-order valence-corrected chi connectivity index (χ1v) is 11.9. The maximum absolute atomic E-state index is 13.2. The molecule has 9 heteroatoms. The van der Waals surface area contributed by atoms with Crippen molar-refractivity contribution in [2.24, 2.45) is 0 Å². The van der Waals surface area contributed by atoms with Gasteiger partial charge < -0.3 is 19.0 Å². The first-order valence-electron chi connectivity index (χ1n) is 11.9. The zero-order chi connectivity index (χ0) is 27.3. The second-order valence-electron chi connectivity index (χ2n) is 8.80. The lowest BCUT2D eigenvalue weighted by molar-refractivity contribution is 0.0696. The highest BCUT2D eigenvalue weighted by Gasteiger charge is 2.37. The predicted octanol–water partition coefficient (Wildman–Crippen LogP) is 5.68. The molecule has 0 atom stereocenters. The lowest BCUT2D eigenvalue weighted by Gasteiger charge is -2.16. The molecule has 1 N–H and O–H groups in total. The summed E-state index contributed by atoms with van der Waals surface area (Å²) in [4.78, 5) is 43.5. The number of amides is 2. The van der Waals surface area contributed by atoms with Crippen LogP contribution in [0.1, 0.15) is 31.1 Å². The second-order valence-corrected chi connectivity index (χ2v) is 8.80. The van der Waals surface area contributed by atoms with Crippen LogP contribution < -0.4 is 14.4 Å². The van der Waals surface area contributed by atoms with Gasteiger partial charge in [0.05, 0.1) is 42.2 Å². The quantitative estimate of drug-likeness (QED) is 0.284. The molecule has 0 bridgehead atoms. The van der Waals surface area contributed by atoms with Gasteiger partial charge in [0.1, 0.15) is 17.0 Å². The summed E-state index contributed by atoms with van der Waals surface area (Å²) in [5, 5.41) is 9.30. The molecule has 2 amide bonds. The highest BCUT2D eigenvalue weighted by atomic mass is 16.5. The summed E-state index contributed by atoms with van der Waals surface area (Å²) in [6.45, 7) is 0. The standard InChI is InChI=1S/C30H20N2O7/c1-37-19-6-3-5-16(13-19)20-7-4-8-25-26(20)31-27(39-25)23-15-18(10-12-24(23)38-2)32-28(33)21-11-9-17(30(35)36)14-22(21)29(32)34/h3-15H,1-2H3,(H,35,36). The molecule has 2 heterocycles. The molecule has 0 saturated heterocycles. The second kappa shape index (κ2) is 9.14. The van der Waals surface area contributed by atoms with Crippen molar-refractivity contribution in [1.82, 2.24) is 4.98 Å². The zero-order valence-electron chi connectivity index (χ0n) is 20.8. The minimum Gasteiger partial charge on any atom is -0.497 e. The van der Waals surface area contributed by atoms with Crippen LogP contribution in [0, 0.1) is 0 Å². The first kappa shape index (κ1) is 23.9. The summed E-state index contributed by atoms with van der Waals surface area (Å²) >= 11 is 0. The van der Waals surface area contributed by atoms with Crippen LogP contribution in [0.3, 0.4) is 0 Å². The van der Waals surface area contributed by atoms with Crippen LogP contribution in [-0.4, -0.2) is 42.1 Å². The van der Waals surface area contributed by atoms with Gasteiger partial charge in [-0.3, -0.25) is 9.59 Å². The summed E-state index contributed by atoms with van der Waals surface area (Å²) in [6.07, 6.45) is 0. The number of benzene rings is 4. The molecule has 9 nitrogen and oxygen atoms in total. The number of nitrogens with zero attached hydrogens (tertiary/aromatic N) is 2. The maximum atomic E-state index is 13.2. The summed E-state index contributed by atoms with van der Waals surface area (Å²) in [5.41, 5.74) is 3.68. The van der Waals surface area contributed by atoms with Crippen molar-refractivity contribution in [3.8, 4) is 34.1 Å². The van der Waals surface area contributed by atoms with Gasteiger partial charge in [-0.25, -0.2) is 14.7 Å². The van der Waals surface area contributed by atoms with E-state index in [9.17, 15) is 19.5 Å². The molecule has 0 aliphatic carbocycles. The number of rotatable bonds is 6. The molecule has 0 saturated carbocycles. The average Bonchev–Trinajstić information content (AvgIpc) is 3.51. The van der Waals surface area contributed by atoms with Crippen molar-refractivity contribution >= 4 is 34.6 Å². The summed E-state index contributed by atoms with van der Waals surface area (Å²) in [5.74, 6) is -0.985. The third-order valence-electron chi connectivity index (χ3n) is 6.60. The Labute approximate surface area is 221 Å². The number of methoxy groups -OCH3 is 2. The van der Waals surface area contributed by atoms with Gasteiger partial charge in [-0.1, -0.05) is 24.3 Å². The number of hydrogen-bond donors (Lipinski definition) is 1. The molecular formula is C30H20N2O7. The first-order chi connectivity index (χ1) is 18.9. The number of oxazole rings is 1. The van der Waals surface area contributed by atoms with Crippen molar-refractivity contribution in [3.05, 3.63) is 95.6 Å². The van der Waals surface area contributed by atoms with Gasteiger partial charge in [0.25, 0.3) is 11.8 Å². The molecule has 192 valence electrons. The van der Waals surface area contributed by atoms with E-state index in [1.165, 1.54) is 25.3 Å². The number of para-hydroxylation sites is 1. The third kappa shape index (κ3) is 3.88. The fourth-order valence-corrected chi connectivity index (χ4v) is 4.70. The fraction of sp³-hybridized carbons (Fsp3) is 0.0667. The number of carboxylic acids is 1. The van der Waals surface area contributed by atoms with Crippen LogP contribution in [0.25, 0.3) is 33.7 Å². The summed E-state index contributed by atoms with van der Waals surface area (Å²) in [6, 6.07) is 21.9. The average molecular weight is 520 g/mol.